The smallest absolute Gasteiger partial charge is 0.410 e. The first-order chi connectivity index (χ1) is 8.22. The van der Waals surface area contributed by atoms with Crippen LogP contribution in [0.5, 0.6) is 0 Å². The van der Waals surface area contributed by atoms with Crippen LogP contribution in [-0.4, -0.2) is 19.2 Å². The van der Waals surface area contributed by atoms with Crippen LogP contribution in [0.3, 0.4) is 0 Å². The molecule has 0 spiro atoms. The van der Waals surface area contributed by atoms with Gasteiger partial charge >= 0.3 is 12.1 Å². The van der Waals surface area contributed by atoms with Crippen LogP contribution in [0.25, 0.3) is 0 Å². The second kappa shape index (κ2) is 7.05. The summed E-state index contributed by atoms with van der Waals surface area (Å²) in [6.45, 7) is 0.197. The van der Waals surface area contributed by atoms with E-state index in [4.69, 9.17) is 4.74 Å². The molecule has 1 aromatic carbocycles. The molecule has 0 aliphatic heterocycles. The molecule has 0 saturated carbocycles. The lowest BCUT2D eigenvalue weighted by Crippen LogP contribution is -2.16. The third-order valence-corrected chi connectivity index (χ3v) is 1.83. The zero-order chi connectivity index (χ0) is 12.5. The number of carbonyl (C=O) groups is 2. The van der Waals surface area contributed by atoms with Crippen LogP contribution in [0.4, 0.5) is 4.79 Å². The Morgan fingerprint density at radius 1 is 1.29 bits per heavy atom. The molecule has 5 heteroatoms. The van der Waals surface area contributed by atoms with Crippen molar-refractivity contribution in [2.75, 3.05) is 7.11 Å². The van der Waals surface area contributed by atoms with Gasteiger partial charge in [0.1, 0.15) is 6.61 Å². The Morgan fingerprint density at radius 2 is 2.00 bits per heavy atom. The molecular weight excluding hydrogens is 222 g/mol. The van der Waals surface area contributed by atoms with E-state index >= 15 is 0 Å². The average Bonchev–Trinajstić information content (AvgIpc) is 2.37. The second-order valence-electron chi connectivity index (χ2n) is 3.06. The molecule has 90 valence electrons. The lowest BCUT2D eigenvalue weighted by Gasteiger charge is -2.01. The Bertz CT molecular complexity index is 400. The van der Waals surface area contributed by atoms with Gasteiger partial charge in [-0.05, 0) is 5.56 Å². The molecule has 1 amide bonds. The number of hydrogen-bond acceptors (Lipinski definition) is 4. The topological polar surface area (TPSA) is 64.6 Å². The van der Waals surface area contributed by atoms with E-state index in [0.29, 0.717) is 0 Å². The molecule has 1 N–H and O–H groups in total. The van der Waals surface area contributed by atoms with Crippen LogP contribution in [0.2, 0.25) is 0 Å². The van der Waals surface area contributed by atoms with E-state index in [1.165, 1.54) is 13.3 Å². The average molecular weight is 235 g/mol. The van der Waals surface area contributed by atoms with E-state index in [1.807, 2.05) is 30.3 Å². The number of methoxy groups -OCH3 is 1. The van der Waals surface area contributed by atoms with Gasteiger partial charge in [0, 0.05) is 12.3 Å². The minimum absolute atomic E-state index is 0.197. The van der Waals surface area contributed by atoms with Crippen LogP contribution in [0, 0.1) is 0 Å². The fraction of sp³-hybridized carbons (Fsp3) is 0.167. The van der Waals surface area contributed by atoms with Gasteiger partial charge in [0.25, 0.3) is 0 Å². The second-order valence-corrected chi connectivity index (χ2v) is 3.06. The molecule has 0 atom stereocenters. The number of alkyl carbamates (subject to hydrolysis) is 1. The van der Waals surface area contributed by atoms with Crippen molar-refractivity contribution in [3.63, 3.8) is 0 Å². The van der Waals surface area contributed by atoms with Gasteiger partial charge in [0.2, 0.25) is 0 Å². The molecule has 0 radical (unpaired) electrons. The Kier molecular flexibility index (Phi) is 5.30. The Morgan fingerprint density at radius 3 is 2.65 bits per heavy atom. The third-order valence-electron chi connectivity index (χ3n) is 1.83. The number of rotatable bonds is 4. The van der Waals surface area contributed by atoms with Gasteiger partial charge in [-0.25, -0.2) is 9.59 Å². The SMILES string of the molecule is COC(=O)N/C=C/C(=O)OCc1ccccc1. The predicted octanol–water partition coefficient (Wildman–Crippen LogP) is 1.60. The summed E-state index contributed by atoms with van der Waals surface area (Å²) in [5.41, 5.74) is 0.898. The summed E-state index contributed by atoms with van der Waals surface area (Å²) in [4.78, 5) is 21.8. The quantitative estimate of drug-likeness (QED) is 0.636. The standard InChI is InChI=1S/C12H13NO4/c1-16-12(15)13-8-7-11(14)17-9-10-5-3-2-4-6-10/h2-8H,9H2,1H3,(H,13,15)/b8-7+. The zero-order valence-electron chi connectivity index (χ0n) is 9.38. The third kappa shape index (κ3) is 5.36. The number of ether oxygens (including phenoxy) is 2. The van der Waals surface area contributed by atoms with Gasteiger partial charge in [0.05, 0.1) is 7.11 Å². The van der Waals surface area contributed by atoms with Crippen LogP contribution in [0.15, 0.2) is 42.6 Å². The fourth-order valence-electron chi connectivity index (χ4n) is 1.01. The van der Waals surface area contributed by atoms with E-state index in [0.717, 1.165) is 11.6 Å². The molecule has 0 unspecified atom stereocenters. The summed E-state index contributed by atoms with van der Waals surface area (Å²) in [5.74, 6) is -0.537. The Hall–Kier alpha value is -2.30. The highest BCUT2D eigenvalue weighted by Gasteiger charge is 1.98. The van der Waals surface area contributed by atoms with Crippen molar-refractivity contribution in [3.8, 4) is 0 Å². The monoisotopic (exact) mass is 235 g/mol. The summed E-state index contributed by atoms with van der Waals surface area (Å²) in [6, 6.07) is 9.30. The predicted molar refractivity (Wildman–Crippen MR) is 60.9 cm³/mol. The van der Waals surface area contributed by atoms with Gasteiger partial charge in [0.15, 0.2) is 0 Å². The molecule has 5 nitrogen and oxygen atoms in total. The lowest BCUT2D eigenvalue weighted by atomic mass is 10.2. The van der Waals surface area contributed by atoms with Crippen molar-refractivity contribution in [3.05, 3.63) is 48.2 Å². The van der Waals surface area contributed by atoms with Crippen LogP contribution < -0.4 is 5.32 Å². The maximum Gasteiger partial charge on any atom is 0.410 e. The van der Waals surface area contributed by atoms with Crippen LogP contribution in [-0.2, 0) is 20.9 Å². The number of nitrogens with one attached hydrogen (secondary N) is 1. The first-order valence-electron chi connectivity index (χ1n) is 4.94. The molecular formula is C12H13NO4. The molecule has 0 bridgehead atoms. The number of carbonyl (C=O) groups excluding carboxylic acids is 2. The highest BCUT2D eigenvalue weighted by atomic mass is 16.5. The number of hydrogen-bond donors (Lipinski definition) is 1. The Balaban J connectivity index is 2.28. The van der Waals surface area contributed by atoms with Gasteiger partial charge in [-0.2, -0.15) is 0 Å². The molecule has 17 heavy (non-hydrogen) atoms. The summed E-state index contributed by atoms with van der Waals surface area (Å²) in [5, 5.41) is 2.22. The molecule has 1 rings (SSSR count). The van der Waals surface area contributed by atoms with Gasteiger partial charge in [-0.3, -0.25) is 5.32 Å². The Labute approximate surface area is 99.0 Å². The normalized spacial score (nSPS) is 9.94. The maximum atomic E-state index is 11.2. The number of esters is 1. The number of benzene rings is 1. The van der Waals surface area contributed by atoms with E-state index in [1.54, 1.807) is 0 Å². The van der Waals surface area contributed by atoms with Crippen LogP contribution in [0.1, 0.15) is 5.56 Å². The van der Waals surface area contributed by atoms with E-state index < -0.39 is 12.1 Å². The van der Waals surface area contributed by atoms with Crippen molar-refractivity contribution in [2.45, 2.75) is 6.61 Å². The molecule has 0 fully saturated rings. The van der Waals surface area contributed by atoms with Crippen molar-refractivity contribution in [2.24, 2.45) is 0 Å². The summed E-state index contributed by atoms with van der Waals surface area (Å²) < 4.78 is 9.23. The summed E-state index contributed by atoms with van der Waals surface area (Å²) in [7, 11) is 1.23. The first kappa shape index (κ1) is 12.8. The van der Waals surface area contributed by atoms with E-state index in [9.17, 15) is 9.59 Å². The molecule has 0 aromatic heterocycles. The first-order valence-corrected chi connectivity index (χ1v) is 4.94. The molecule has 0 aliphatic rings. The highest BCUT2D eigenvalue weighted by molar-refractivity contribution is 5.82. The van der Waals surface area contributed by atoms with Gasteiger partial charge in [-0.1, -0.05) is 30.3 Å². The molecule has 0 heterocycles. The van der Waals surface area contributed by atoms with Crippen LogP contribution >= 0.6 is 0 Å². The summed E-state index contributed by atoms with van der Waals surface area (Å²) >= 11 is 0. The lowest BCUT2D eigenvalue weighted by molar-refractivity contribution is -0.139. The van der Waals surface area contributed by atoms with Crippen molar-refractivity contribution in [1.29, 1.82) is 0 Å². The van der Waals surface area contributed by atoms with E-state index in [-0.39, 0.29) is 6.61 Å². The number of amides is 1. The fourth-order valence-corrected chi connectivity index (χ4v) is 1.01. The minimum atomic E-state index is -0.642. The van der Waals surface area contributed by atoms with Gasteiger partial charge in [-0.15, -0.1) is 0 Å². The maximum absolute atomic E-state index is 11.2. The minimum Gasteiger partial charge on any atom is -0.458 e. The largest absolute Gasteiger partial charge is 0.458 e. The van der Waals surface area contributed by atoms with Gasteiger partial charge < -0.3 is 9.47 Å². The molecule has 0 saturated heterocycles. The summed E-state index contributed by atoms with van der Waals surface area (Å²) in [6.07, 6.45) is 1.64. The molecule has 1 aromatic rings. The van der Waals surface area contributed by atoms with E-state index in [2.05, 4.69) is 10.1 Å². The highest BCUT2D eigenvalue weighted by Crippen LogP contribution is 2.00. The van der Waals surface area contributed by atoms with Crippen molar-refractivity contribution in [1.82, 2.24) is 5.32 Å². The van der Waals surface area contributed by atoms with Crippen molar-refractivity contribution >= 4 is 12.1 Å². The molecule has 0 aliphatic carbocycles. The zero-order valence-corrected chi connectivity index (χ0v) is 9.38. The van der Waals surface area contributed by atoms with Crippen molar-refractivity contribution < 1.29 is 19.1 Å².